The molecule has 0 atom stereocenters. The summed E-state index contributed by atoms with van der Waals surface area (Å²) in [4.78, 5) is 39.9. The van der Waals surface area contributed by atoms with E-state index >= 15 is 0 Å². The Morgan fingerprint density at radius 1 is 1.03 bits per heavy atom. The Bertz CT molecular complexity index is 1150. The van der Waals surface area contributed by atoms with Crippen molar-refractivity contribution in [1.82, 2.24) is 14.8 Å². The van der Waals surface area contributed by atoms with E-state index < -0.39 is 17.2 Å². The van der Waals surface area contributed by atoms with Crippen LogP contribution in [0.15, 0.2) is 47.3 Å². The molecule has 1 aliphatic rings. The Labute approximate surface area is 176 Å². The van der Waals surface area contributed by atoms with Crippen LogP contribution in [0.25, 0.3) is 22.0 Å². The topological polar surface area (TPSA) is 93.7 Å². The molecule has 1 fully saturated rings. The molecule has 0 spiro atoms. The van der Waals surface area contributed by atoms with E-state index in [9.17, 15) is 18.4 Å². The second-order valence-corrected chi connectivity index (χ2v) is 7.14. The first kappa shape index (κ1) is 22.1. The van der Waals surface area contributed by atoms with Gasteiger partial charge in [-0.05, 0) is 36.9 Å². The molecule has 1 aromatic heterocycles. The van der Waals surface area contributed by atoms with Crippen LogP contribution in [0, 0.1) is 11.6 Å². The van der Waals surface area contributed by atoms with Crippen molar-refractivity contribution in [1.29, 1.82) is 0 Å². The molecule has 7 nitrogen and oxygen atoms in total. The molecule has 1 aliphatic heterocycles. The number of H-pyrrole nitrogens is 1. The lowest BCUT2D eigenvalue weighted by Gasteiger charge is -2.32. The van der Waals surface area contributed by atoms with Gasteiger partial charge in [0.15, 0.2) is 0 Å². The number of hydrogen-bond donors (Lipinski definition) is 2. The van der Waals surface area contributed by atoms with Crippen LogP contribution in [0.5, 0.6) is 0 Å². The molecular weight excluding hydrogens is 408 g/mol. The van der Waals surface area contributed by atoms with Crippen LogP contribution in [-0.4, -0.2) is 65.5 Å². The van der Waals surface area contributed by atoms with Gasteiger partial charge in [0.25, 0.3) is 17.9 Å². The van der Waals surface area contributed by atoms with Crippen LogP contribution in [0.3, 0.4) is 0 Å². The van der Waals surface area contributed by atoms with Crippen LogP contribution in [0.1, 0.15) is 10.4 Å². The van der Waals surface area contributed by atoms with Crippen molar-refractivity contribution in [2.24, 2.45) is 0 Å². The summed E-state index contributed by atoms with van der Waals surface area (Å²) < 4.78 is 27.4. The second-order valence-electron chi connectivity index (χ2n) is 7.14. The first-order chi connectivity index (χ1) is 14.8. The molecule has 0 bridgehead atoms. The molecule has 3 aromatic rings. The van der Waals surface area contributed by atoms with E-state index in [2.05, 4.69) is 9.88 Å². The molecule has 162 valence electrons. The van der Waals surface area contributed by atoms with Gasteiger partial charge in [-0.1, -0.05) is 12.1 Å². The van der Waals surface area contributed by atoms with Crippen molar-refractivity contribution in [3.05, 3.63) is 70.0 Å². The highest BCUT2D eigenvalue weighted by atomic mass is 19.1. The SMILES string of the molecule is CN1CCN(C(=O)c2ccc(-c3cc4c(F)cc(F)cc4c(=O)[nH]3)cc2)CC1.O=CO. The van der Waals surface area contributed by atoms with Crippen molar-refractivity contribution in [2.75, 3.05) is 33.2 Å². The highest BCUT2D eigenvalue weighted by Gasteiger charge is 2.20. The van der Waals surface area contributed by atoms with E-state index in [0.29, 0.717) is 29.9 Å². The first-order valence-electron chi connectivity index (χ1n) is 9.52. The fourth-order valence-corrected chi connectivity index (χ4v) is 3.43. The Morgan fingerprint density at radius 3 is 2.26 bits per heavy atom. The van der Waals surface area contributed by atoms with Gasteiger partial charge in [-0.25, -0.2) is 8.78 Å². The predicted octanol–water partition coefficient (Wildman–Crippen LogP) is 2.56. The molecule has 31 heavy (non-hydrogen) atoms. The number of aromatic nitrogens is 1. The molecule has 2 aromatic carbocycles. The van der Waals surface area contributed by atoms with Gasteiger partial charge in [0.1, 0.15) is 11.6 Å². The first-order valence-corrected chi connectivity index (χ1v) is 9.52. The van der Waals surface area contributed by atoms with E-state index in [1.54, 1.807) is 24.3 Å². The average molecular weight is 429 g/mol. The van der Waals surface area contributed by atoms with Gasteiger partial charge < -0.3 is 19.9 Å². The standard InChI is InChI=1S/C21H19F2N3O2.CH2O2/c1-25-6-8-26(9-7-25)21(28)14-4-2-13(3-5-14)19-12-16-17(20(27)24-19)10-15(22)11-18(16)23;2-1-3/h2-5,10-12H,6-9H2,1H3,(H,24,27);1H,(H,2,3). The summed E-state index contributed by atoms with van der Waals surface area (Å²) in [6.07, 6.45) is 0. The molecular formula is C22H21F2N3O4. The van der Waals surface area contributed by atoms with E-state index in [1.807, 2.05) is 11.9 Å². The minimum atomic E-state index is -0.796. The molecule has 0 radical (unpaired) electrons. The number of hydrogen-bond acceptors (Lipinski definition) is 4. The van der Waals surface area contributed by atoms with Crippen LogP contribution >= 0.6 is 0 Å². The van der Waals surface area contributed by atoms with Crippen LogP contribution < -0.4 is 5.56 Å². The number of nitrogens with zero attached hydrogens (tertiary/aromatic N) is 2. The Kier molecular flexibility index (Phi) is 6.76. The number of halogens is 2. The van der Waals surface area contributed by atoms with Crippen molar-refractivity contribution in [2.45, 2.75) is 0 Å². The van der Waals surface area contributed by atoms with Gasteiger partial charge in [-0.15, -0.1) is 0 Å². The number of carbonyl (C=O) groups excluding carboxylic acids is 1. The smallest absolute Gasteiger partial charge is 0.290 e. The van der Waals surface area contributed by atoms with E-state index in [1.165, 1.54) is 6.07 Å². The van der Waals surface area contributed by atoms with Crippen molar-refractivity contribution in [3.8, 4) is 11.3 Å². The number of pyridine rings is 1. The van der Waals surface area contributed by atoms with Crippen LogP contribution in [0.4, 0.5) is 8.78 Å². The Hall–Kier alpha value is -3.59. The van der Waals surface area contributed by atoms with Gasteiger partial charge in [0.05, 0.1) is 5.39 Å². The molecule has 4 rings (SSSR count). The Balaban J connectivity index is 0.000000858. The summed E-state index contributed by atoms with van der Waals surface area (Å²) >= 11 is 0. The third kappa shape index (κ3) is 4.95. The molecule has 1 amide bonds. The lowest BCUT2D eigenvalue weighted by molar-refractivity contribution is -0.122. The zero-order chi connectivity index (χ0) is 22.5. The van der Waals surface area contributed by atoms with Crippen molar-refractivity contribution >= 4 is 23.2 Å². The summed E-state index contributed by atoms with van der Waals surface area (Å²) in [5.74, 6) is -1.62. The highest BCUT2D eigenvalue weighted by molar-refractivity contribution is 5.95. The van der Waals surface area contributed by atoms with Gasteiger partial charge in [0.2, 0.25) is 0 Å². The number of nitrogens with one attached hydrogen (secondary N) is 1. The van der Waals surface area contributed by atoms with E-state index in [0.717, 1.165) is 25.2 Å². The minimum absolute atomic E-state index is 0.0341. The predicted molar refractivity (Wildman–Crippen MR) is 112 cm³/mol. The largest absolute Gasteiger partial charge is 0.483 e. The second kappa shape index (κ2) is 9.48. The lowest BCUT2D eigenvalue weighted by Crippen LogP contribution is -2.47. The summed E-state index contributed by atoms with van der Waals surface area (Å²) in [5, 5.41) is 6.90. The highest BCUT2D eigenvalue weighted by Crippen LogP contribution is 2.23. The average Bonchev–Trinajstić information content (AvgIpc) is 2.75. The van der Waals surface area contributed by atoms with Gasteiger partial charge in [-0.3, -0.25) is 14.4 Å². The number of fused-ring (bicyclic) bond motifs is 1. The fraction of sp³-hybridized carbons (Fsp3) is 0.227. The molecule has 1 saturated heterocycles. The number of benzene rings is 2. The molecule has 2 heterocycles. The summed E-state index contributed by atoms with van der Waals surface area (Å²) in [7, 11) is 2.03. The molecule has 0 saturated carbocycles. The zero-order valence-corrected chi connectivity index (χ0v) is 16.8. The number of amides is 1. The van der Waals surface area contributed by atoms with Crippen molar-refractivity contribution in [3.63, 3.8) is 0 Å². The maximum absolute atomic E-state index is 14.1. The number of rotatable bonds is 2. The van der Waals surface area contributed by atoms with Crippen LogP contribution in [0.2, 0.25) is 0 Å². The van der Waals surface area contributed by atoms with Crippen LogP contribution in [-0.2, 0) is 4.79 Å². The number of likely N-dealkylation sites (N-methyl/N-ethyl adjacent to an activating group) is 1. The third-order valence-electron chi connectivity index (χ3n) is 5.11. The number of aromatic amines is 1. The third-order valence-corrected chi connectivity index (χ3v) is 5.11. The lowest BCUT2D eigenvalue weighted by atomic mass is 10.0. The monoisotopic (exact) mass is 429 g/mol. The fourth-order valence-electron chi connectivity index (χ4n) is 3.43. The molecule has 0 aliphatic carbocycles. The van der Waals surface area contributed by atoms with Gasteiger partial charge in [0, 0.05) is 48.9 Å². The molecule has 9 heteroatoms. The maximum Gasteiger partial charge on any atom is 0.290 e. The maximum atomic E-state index is 14.1. The van der Waals surface area contributed by atoms with Gasteiger partial charge >= 0.3 is 0 Å². The quantitative estimate of drug-likeness (QED) is 0.611. The normalized spacial score (nSPS) is 14.1. The number of carboxylic acid groups (broad SMARTS) is 1. The summed E-state index contributed by atoms with van der Waals surface area (Å²) in [6, 6.07) is 10.0. The summed E-state index contributed by atoms with van der Waals surface area (Å²) in [6.45, 7) is 2.80. The minimum Gasteiger partial charge on any atom is -0.483 e. The molecule has 2 N–H and O–H groups in total. The van der Waals surface area contributed by atoms with Crippen molar-refractivity contribution < 1.29 is 23.5 Å². The van der Waals surface area contributed by atoms with E-state index in [4.69, 9.17) is 9.90 Å². The van der Waals surface area contributed by atoms with E-state index in [-0.39, 0.29) is 23.2 Å². The molecule has 0 unspecified atom stereocenters. The van der Waals surface area contributed by atoms with Gasteiger partial charge in [-0.2, -0.15) is 0 Å². The zero-order valence-electron chi connectivity index (χ0n) is 16.8. The summed E-state index contributed by atoms with van der Waals surface area (Å²) in [5.41, 5.74) is 1.03. The number of carbonyl (C=O) groups is 2. The number of piperazine rings is 1. The Morgan fingerprint density at radius 2 is 1.65 bits per heavy atom.